The maximum Gasteiger partial charge on any atom is 0.457 e. The van der Waals surface area contributed by atoms with Crippen molar-refractivity contribution in [2.75, 3.05) is 0 Å². The second-order valence-electron chi connectivity index (χ2n) is 0.845. The molecule has 0 amide bonds. The summed E-state index contributed by atoms with van der Waals surface area (Å²) in [4.78, 5) is 21.9. The van der Waals surface area contributed by atoms with Gasteiger partial charge in [0, 0.05) is 4.53 Å². The molecule has 0 aromatic rings. The topological polar surface area (TPSA) is 76.4 Å². The van der Waals surface area contributed by atoms with E-state index in [4.69, 9.17) is 5.26 Å². The zero-order valence-electron chi connectivity index (χ0n) is 3.96. The van der Waals surface area contributed by atoms with Crippen molar-refractivity contribution in [1.82, 2.24) is 0 Å². The number of esters is 1. The van der Waals surface area contributed by atoms with Crippen molar-refractivity contribution in [1.29, 1.82) is 5.26 Å². The Labute approximate surface area is 48.5 Å². The first-order valence-electron chi connectivity index (χ1n) is 1.65. The molecule has 6 heteroatoms. The number of nitrogens with zero attached hydrogens (tertiary/aromatic N) is 1. The molecule has 0 aromatic heterocycles. The lowest BCUT2D eigenvalue weighted by atomic mass is 10.7. The van der Waals surface area contributed by atoms with Gasteiger partial charge in [-0.1, -0.05) is 0 Å². The molecule has 0 fully saturated rings. The van der Waals surface area contributed by atoms with Gasteiger partial charge in [-0.25, -0.2) is 14.5 Å². The molecule has 0 saturated heterocycles. The fourth-order valence-corrected chi connectivity index (χ4v) is 0.115. The molecule has 0 rings (SSSR count). The lowest BCUT2D eigenvalue weighted by Crippen LogP contribution is -2.14. The summed E-state index contributed by atoms with van der Waals surface area (Å²) in [5.74, 6) is -3.53. The van der Waals surface area contributed by atoms with Crippen molar-refractivity contribution in [3.05, 3.63) is 0 Å². The average molecular weight is 133 g/mol. The maximum atomic E-state index is 10.7. The number of hydrogen-bond donors (Lipinski definition) is 0. The molecule has 0 heterocycles. The van der Waals surface area contributed by atoms with Gasteiger partial charge in [-0.2, -0.15) is 0 Å². The van der Waals surface area contributed by atoms with E-state index in [1.54, 1.807) is 0 Å². The molecule has 0 aromatic carbocycles. The van der Waals surface area contributed by atoms with Crippen LogP contribution in [0.5, 0.6) is 0 Å². The minimum atomic E-state index is -1.85. The lowest BCUT2D eigenvalue weighted by molar-refractivity contribution is -0.192. The van der Waals surface area contributed by atoms with Crippen LogP contribution in [0.1, 0.15) is 0 Å². The summed E-state index contributed by atoms with van der Waals surface area (Å²) in [5, 5.41) is 7.56. The maximum absolute atomic E-state index is 10.7. The van der Waals surface area contributed by atoms with Crippen molar-refractivity contribution in [2.45, 2.75) is 0 Å². The largest absolute Gasteiger partial charge is 0.457 e. The third-order valence-electron chi connectivity index (χ3n) is 0.375. The summed E-state index contributed by atoms with van der Waals surface area (Å²) < 4.78 is 14.0. The number of carbonyl (C=O) groups excluding carboxylic acids is 2. The Hall–Kier alpha value is -1.64. The van der Waals surface area contributed by atoms with E-state index in [1.807, 2.05) is 0 Å². The van der Waals surface area contributed by atoms with E-state index < -0.39 is 11.9 Å². The van der Waals surface area contributed by atoms with Gasteiger partial charge in [0.2, 0.25) is 0 Å². The highest BCUT2D eigenvalue weighted by Crippen LogP contribution is 1.81. The van der Waals surface area contributed by atoms with Crippen LogP contribution in [0.4, 0.5) is 4.53 Å². The van der Waals surface area contributed by atoms with Crippen LogP contribution in [-0.4, -0.2) is 11.9 Å². The van der Waals surface area contributed by atoms with E-state index >= 15 is 0 Å². The van der Waals surface area contributed by atoms with Crippen LogP contribution in [0.25, 0.3) is 0 Å². The Balaban J connectivity index is 3.77. The molecule has 0 radical (unpaired) electrons. The lowest BCUT2D eigenvalue weighted by Gasteiger charge is -1.84. The molecule has 0 N–H and O–H groups in total. The summed E-state index contributed by atoms with van der Waals surface area (Å²) in [5.41, 5.74) is 0. The second-order valence-corrected chi connectivity index (χ2v) is 0.845. The zero-order chi connectivity index (χ0) is 7.28. The van der Waals surface area contributed by atoms with E-state index in [1.165, 1.54) is 0 Å². The first-order valence-corrected chi connectivity index (χ1v) is 1.65. The quantitative estimate of drug-likeness (QED) is 0.251. The van der Waals surface area contributed by atoms with Crippen molar-refractivity contribution in [3.8, 4) is 6.26 Å². The van der Waals surface area contributed by atoms with Crippen molar-refractivity contribution < 1.29 is 23.8 Å². The van der Waals surface area contributed by atoms with Crippen LogP contribution in [-0.2, 0) is 19.3 Å². The molecule has 48 valence electrons. The smallest absolute Gasteiger partial charge is 0.342 e. The highest BCUT2D eigenvalue weighted by molar-refractivity contribution is 6.29. The van der Waals surface area contributed by atoms with Gasteiger partial charge in [0.05, 0.1) is 0 Å². The Kier molecular flexibility index (Phi) is 2.76. The van der Waals surface area contributed by atoms with E-state index in [0.717, 1.165) is 6.26 Å². The van der Waals surface area contributed by atoms with Gasteiger partial charge < -0.3 is 4.74 Å². The number of halogens is 1. The molecule has 0 saturated carbocycles. The predicted octanol–water partition coefficient (Wildman–Crippen LogP) is -0.562. The number of carbonyl (C=O) groups is 2. The molecule has 0 aliphatic heterocycles. The summed E-state index contributed by atoms with van der Waals surface area (Å²) in [6.45, 7) is 0. The fraction of sp³-hybridized carbons (Fsp3) is 0. The normalized spacial score (nSPS) is 7.11. The van der Waals surface area contributed by atoms with Crippen LogP contribution in [0.15, 0.2) is 0 Å². The van der Waals surface area contributed by atoms with Gasteiger partial charge in [-0.05, 0) is 0 Å². The van der Waals surface area contributed by atoms with Gasteiger partial charge in [0.25, 0.3) is 6.26 Å². The zero-order valence-corrected chi connectivity index (χ0v) is 3.96. The van der Waals surface area contributed by atoms with Crippen molar-refractivity contribution in [2.24, 2.45) is 0 Å². The van der Waals surface area contributed by atoms with E-state index in [9.17, 15) is 14.1 Å². The monoisotopic (exact) mass is 133 g/mol. The van der Waals surface area contributed by atoms with E-state index in [0.29, 0.717) is 0 Å². The van der Waals surface area contributed by atoms with Crippen LogP contribution < -0.4 is 0 Å². The Morgan fingerprint density at radius 3 is 2.33 bits per heavy atom. The molecule has 0 bridgehead atoms. The number of nitriles is 1. The van der Waals surface area contributed by atoms with Gasteiger partial charge >= 0.3 is 11.9 Å². The fourth-order valence-electron chi connectivity index (χ4n) is 0.115. The number of ether oxygens (including phenoxy) is 1. The third kappa shape index (κ3) is 2.23. The van der Waals surface area contributed by atoms with Crippen molar-refractivity contribution in [3.63, 3.8) is 0 Å². The number of rotatable bonds is 0. The molecule has 0 aliphatic rings. The molecule has 0 aliphatic carbocycles. The number of hydrogen-bond acceptors (Lipinski definition) is 5. The molecule has 9 heavy (non-hydrogen) atoms. The standard InChI is InChI=1S/C3FNO4/c4-9-3(7)2(6)8-1-5. The molecular formula is C3FNO4. The summed E-state index contributed by atoms with van der Waals surface area (Å²) in [6.07, 6.45) is 0.866. The third-order valence-corrected chi connectivity index (χ3v) is 0.375. The summed E-state index contributed by atoms with van der Waals surface area (Å²) in [6, 6.07) is 0. The molecule has 0 unspecified atom stereocenters. The summed E-state index contributed by atoms with van der Waals surface area (Å²) in [7, 11) is 0. The minimum absolute atomic E-state index is 0.866. The van der Waals surface area contributed by atoms with Crippen molar-refractivity contribution >= 4 is 11.9 Å². The minimum Gasteiger partial charge on any atom is -0.342 e. The van der Waals surface area contributed by atoms with Crippen LogP contribution in [0.3, 0.4) is 0 Å². The van der Waals surface area contributed by atoms with Crippen LogP contribution >= 0.6 is 0 Å². The summed E-state index contributed by atoms with van der Waals surface area (Å²) >= 11 is 0. The van der Waals surface area contributed by atoms with Gasteiger partial charge in [0.1, 0.15) is 0 Å². The van der Waals surface area contributed by atoms with Crippen LogP contribution in [0.2, 0.25) is 0 Å². The first kappa shape index (κ1) is 7.36. The van der Waals surface area contributed by atoms with Gasteiger partial charge in [-0.15, -0.1) is 5.26 Å². The average Bonchev–Trinajstić information content (AvgIpc) is 1.87. The SMILES string of the molecule is N#COC(=O)C(=O)OF. The molecule has 0 spiro atoms. The molecule has 0 atom stereocenters. The predicted molar refractivity (Wildman–Crippen MR) is 18.9 cm³/mol. The molecule has 5 nitrogen and oxygen atoms in total. The van der Waals surface area contributed by atoms with Gasteiger partial charge in [0.15, 0.2) is 0 Å². The Morgan fingerprint density at radius 1 is 1.44 bits per heavy atom. The highest BCUT2D eigenvalue weighted by atomic mass is 19.3. The first-order chi connectivity index (χ1) is 4.22. The Bertz CT molecular complexity index is 171. The molecular weight excluding hydrogens is 133 g/mol. The van der Waals surface area contributed by atoms with Gasteiger partial charge in [-0.3, -0.25) is 0 Å². The Morgan fingerprint density at radius 2 is 2.00 bits per heavy atom. The van der Waals surface area contributed by atoms with E-state index in [2.05, 4.69) is 9.68 Å². The van der Waals surface area contributed by atoms with E-state index in [-0.39, 0.29) is 0 Å². The highest BCUT2D eigenvalue weighted by Gasteiger charge is 2.17. The second kappa shape index (κ2) is 3.37. The van der Waals surface area contributed by atoms with Crippen LogP contribution in [0, 0.1) is 11.5 Å².